The number of alkyl halides is 1. The predicted molar refractivity (Wildman–Crippen MR) is 119 cm³/mol. The molecule has 164 valence electrons. The van der Waals surface area contributed by atoms with Crippen molar-refractivity contribution in [2.45, 2.75) is 25.9 Å². The third kappa shape index (κ3) is 5.57. The first-order chi connectivity index (χ1) is 14.9. The number of para-hydroxylation sites is 2. The molecule has 0 radical (unpaired) electrons. The summed E-state index contributed by atoms with van der Waals surface area (Å²) in [7, 11) is 0. The Labute approximate surface area is 191 Å². The molecular weight excluding hydrogens is 441 g/mol. The van der Waals surface area contributed by atoms with E-state index in [4.69, 9.17) is 32.7 Å². The maximum atomic E-state index is 12.8. The van der Waals surface area contributed by atoms with Crippen LogP contribution in [-0.4, -0.2) is 42.8 Å². The van der Waals surface area contributed by atoms with Crippen LogP contribution in [0.15, 0.2) is 48.5 Å². The fourth-order valence-electron chi connectivity index (χ4n) is 3.44. The second kappa shape index (κ2) is 10.6. The molecule has 1 heterocycles. The molecule has 31 heavy (non-hydrogen) atoms. The maximum Gasteiger partial charge on any atom is 0.312 e. The first-order valence-corrected chi connectivity index (χ1v) is 10.9. The number of halogens is 2. The minimum atomic E-state index is -1.02. The van der Waals surface area contributed by atoms with Gasteiger partial charge in [-0.1, -0.05) is 23.7 Å². The summed E-state index contributed by atoms with van der Waals surface area (Å²) < 4.78 is 11.1. The van der Waals surface area contributed by atoms with Crippen LogP contribution >= 0.6 is 23.2 Å². The minimum absolute atomic E-state index is 0.00201. The van der Waals surface area contributed by atoms with Crippen LogP contribution in [0.3, 0.4) is 0 Å². The van der Waals surface area contributed by atoms with E-state index in [9.17, 15) is 14.4 Å². The molecule has 0 aromatic heterocycles. The predicted octanol–water partition coefficient (Wildman–Crippen LogP) is 4.52. The van der Waals surface area contributed by atoms with Crippen molar-refractivity contribution in [3.8, 4) is 5.75 Å². The van der Waals surface area contributed by atoms with Crippen molar-refractivity contribution >= 4 is 46.5 Å². The van der Waals surface area contributed by atoms with Crippen molar-refractivity contribution in [3.05, 3.63) is 59.1 Å². The Balaban J connectivity index is 1.71. The third-order valence-electron chi connectivity index (χ3n) is 4.97. The Hall–Kier alpha value is -2.57. The van der Waals surface area contributed by atoms with E-state index >= 15 is 0 Å². The largest absolute Gasteiger partial charge is 0.492 e. The van der Waals surface area contributed by atoms with Gasteiger partial charge in [0.1, 0.15) is 5.75 Å². The fourth-order valence-corrected chi connectivity index (χ4v) is 3.76. The average molecular weight is 464 g/mol. The number of ketones is 1. The van der Waals surface area contributed by atoms with Gasteiger partial charge in [0.05, 0.1) is 18.2 Å². The Morgan fingerprint density at radius 2 is 1.87 bits per heavy atom. The summed E-state index contributed by atoms with van der Waals surface area (Å²) >= 11 is 11.7. The van der Waals surface area contributed by atoms with Gasteiger partial charge in [0, 0.05) is 35.9 Å². The smallest absolute Gasteiger partial charge is 0.312 e. The summed E-state index contributed by atoms with van der Waals surface area (Å²) in [6.07, 6.45) is -0.847. The lowest BCUT2D eigenvalue weighted by Crippen LogP contribution is -2.32. The van der Waals surface area contributed by atoms with Gasteiger partial charge in [-0.2, -0.15) is 0 Å². The van der Waals surface area contributed by atoms with Gasteiger partial charge in [-0.05, 0) is 43.3 Å². The van der Waals surface area contributed by atoms with Crippen LogP contribution in [0.5, 0.6) is 5.75 Å². The van der Waals surface area contributed by atoms with Crippen molar-refractivity contribution in [1.82, 2.24) is 0 Å². The lowest BCUT2D eigenvalue weighted by Gasteiger charge is -2.21. The number of benzene rings is 2. The van der Waals surface area contributed by atoms with E-state index < -0.39 is 18.0 Å². The van der Waals surface area contributed by atoms with Crippen LogP contribution in [0.1, 0.15) is 30.1 Å². The Morgan fingerprint density at radius 1 is 1.16 bits per heavy atom. The number of rotatable bonds is 9. The molecule has 0 aliphatic carbocycles. The molecule has 2 atom stereocenters. The lowest BCUT2D eigenvalue weighted by molar-refractivity contribution is -0.151. The van der Waals surface area contributed by atoms with E-state index in [1.807, 2.05) is 13.0 Å². The van der Waals surface area contributed by atoms with Crippen LogP contribution in [0.25, 0.3) is 0 Å². The number of ether oxygens (including phenoxy) is 2. The highest BCUT2D eigenvalue weighted by Crippen LogP contribution is 2.33. The van der Waals surface area contributed by atoms with Crippen LogP contribution in [0.4, 0.5) is 5.69 Å². The van der Waals surface area contributed by atoms with Crippen LogP contribution in [0, 0.1) is 5.92 Å². The summed E-state index contributed by atoms with van der Waals surface area (Å²) in [5.74, 6) is -1.11. The highest BCUT2D eigenvalue weighted by atomic mass is 35.5. The summed E-state index contributed by atoms with van der Waals surface area (Å²) in [5, 5.41) is 0.499. The molecule has 3 rings (SSSR count). The molecule has 1 aliphatic heterocycles. The van der Waals surface area contributed by atoms with Gasteiger partial charge < -0.3 is 14.4 Å². The zero-order chi connectivity index (χ0) is 22.4. The standard InChI is InChI=1S/C23H23Cl2NO5/c1-2-30-19-6-4-3-5-18(19)26-14-16(13-21(26)27)23(29)31-20(11-12-24)22(28)15-7-9-17(25)10-8-15/h3-10,16,20H,2,11-14H2,1H3/t16-,20+/m0/s1. The van der Waals surface area contributed by atoms with Gasteiger partial charge in [0.25, 0.3) is 0 Å². The second-order valence-electron chi connectivity index (χ2n) is 7.08. The van der Waals surface area contributed by atoms with Crippen LogP contribution < -0.4 is 9.64 Å². The van der Waals surface area contributed by atoms with Crippen molar-refractivity contribution in [3.63, 3.8) is 0 Å². The maximum absolute atomic E-state index is 12.8. The second-order valence-corrected chi connectivity index (χ2v) is 7.89. The molecule has 0 spiro atoms. The average Bonchev–Trinajstić information content (AvgIpc) is 3.15. The molecule has 6 nitrogen and oxygen atoms in total. The fraction of sp³-hybridized carbons (Fsp3) is 0.348. The minimum Gasteiger partial charge on any atom is -0.492 e. The number of hydrogen-bond acceptors (Lipinski definition) is 5. The van der Waals surface area contributed by atoms with Crippen molar-refractivity contribution in [2.24, 2.45) is 5.92 Å². The summed E-state index contributed by atoms with van der Waals surface area (Å²) in [6, 6.07) is 13.5. The van der Waals surface area contributed by atoms with Crippen molar-refractivity contribution < 1.29 is 23.9 Å². The SMILES string of the molecule is CCOc1ccccc1N1C[C@@H](C(=O)O[C@H](CCCl)C(=O)c2ccc(Cl)cc2)CC1=O. The zero-order valence-corrected chi connectivity index (χ0v) is 18.6. The lowest BCUT2D eigenvalue weighted by atomic mass is 10.0. The van der Waals surface area contributed by atoms with Crippen LogP contribution in [0.2, 0.25) is 5.02 Å². The van der Waals surface area contributed by atoms with Gasteiger partial charge in [-0.3, -0.25) is 14.4 Å². The number of hydrogen-bond donors (Lipinski definition) is 0. The third-order valence-corrected chi connectivity index (χ3v) is 5.44. The number of amides is 1. The highest BCUT2D eigenvalue weighted by molar-refractivity contribution is 6.30. The molecule has 0 N–H and O–H groups in total. The molecule has 1 amide bonds. The topological polar surface area (TPSA) is 72.9 Å². The molecule has 8 heteroatoms. The molecular formula is C23H23Cl2NO5. The highest BCUT2D eigenvalue weighted by Gasteiger charge is 2.38. The quantitative estimate of drug-likeness (QED) is 0.310. The Bertz CT molecular complexity index is 947. The van der Waals surface area contributed by atoms with Gasteiger partial charge in [-0.25, -0.2) is 0 Å². The summed E-state index contributed by atoms with van der Waals surface area (Å²) in [5.41, 5.74) is 0.987. The molecule has 2 aromatic rings. The molecule has 1 saturated heterocycles. The van der Waals surface area contributed by atoms with E-state index in [1.165, 1.54) is 4.90 Å². The molecule has 0 bridgehead atoms. The zero-order valence-electron chi connectivity index (χ0n) is 17.1. The van der Waals surface area contributed by atoms with E-state index in [2.05, 4.69) is 0 Å². The monoisotopic (exact) mass is 463 g/mol. The molecule has 1 aliphatic rings. The molecule has 1 fully saturated rings. The van der Waals surface area contributed by atoms with E-state index in [-0.39, 0.29) is 37.0 Å². The van der Waals surface area contributed by atoms with E-state index in [0.717, 1.165) is 0 Å². The Kier molecular flexibility index (Phi) is 7.93. The number of Topliss-reactive ketones (excluding diaryl/α,β-unsaturated/α-hetero) is 1. The van der Waals surface area contributed by atoms with Crippen molar-refractivity contribution in [1.29, 1.82) is 0 Å². The number of anilines is 1. The van der Waals surface area contributed by atoms with Gasteiger partial charge in [0.2, 0.25) is 11.7 Å². The number of nitrogens with zero attached hydrogens (tertiary/aromatic N) is 1. The van der Waals surface area contributed by atoms with Crippen molar-refractivity contribution in [2.75, 3.05) is 23.9 Å². The van der Waals surface area contributed by atoms with Gasteiger partial charge >= 0.3 is 5.97 Å². The molecule has 0 saturated carbocycles. The normalized spacial score (nSPS) is 16.8. The number of carbonyl (C=O) groups excluding carboxylic acids is 3. The van der Waals surface area contributed by atoms with Gasteiger partial charge in [-0.15, -0.1) is 11.6 Å². The summed E-state index contributed by atoms with van der Waals surface area (Å²) in [4.78, 5) is 39.7. The number of esters is 1. The Morgan fingerprint density at radius 3 is 2.55 bits per heavy atom. The van der Waals surface area contributed by atoms with E-state index in [1.54, 1.807) is 42.5 Å². The number of carbonyl (C=O) groups is 3. The summed E-state index contributed by atoms with van der Waals surface area (Å²) in [6.45, 7) is 2.47. The molecule has 0 unspecified atom stereocenters. The van der Waals surface area contributed by atoms with E-state index in [0.29, 0.717) is 28.6 Å². The first kappa shape index (κ1) is 23.1. The molecule has 2 aromatic carbocycles. The van der Waals surface area contributed by atoms with Gasteiger partial charge in [0.15, 0.2) is 6.10 Å². The first-order valence-electron chi connectivity index (χ1n) is 10.0. The van der Waals surface area contributed by atoms with Crippen LogP contribution in [-0.2, 0) is 14.3 Å².